The smallest absolute Gasteiger partial charge is 0.170 e. The van der Waals surface area contributed by atoms with Gasteiger partial charge < -0.3 is 4.74 Å². The first-order chi connectivity index (χ1) is 15.4. The number of aromatic nitrogens is 3. The third-order valence-corrected chi connectivity index (χ3v) is 6.38. The fourth-order valence-electron chi connectivity index (χ4n) is 4.10. The topological polar surface area (TPSA) is 67.9 Å². The van der Waals surface area contributed by atoms with E-state index in [9.17, 15) is 9.18 Å². The highest BCUT2D eigenvalue weighted by atomic mass is 35.5. The van der Waals surface area contributed by atoms with Gasteiger partial charge in [0, 0.05) is 17.3 Å². The first-order valence-corrected chi connectivity index (χ1v) is 11.1. The Hall–Kier alpha value is -2.99. The van der Waals surface area contributed by atoms with E-state index in [-0.39, 0.29) is 30.0 Å². The standard InChI is InChI=1S/C25H25ClFN3O2/c1-4-14(3)19-10-22(21-12-29-30-25(21)26)28-11-20(19)18(5-2)24(31)16-8-15-9-17(27)6-7-23(15)32-13-16/h5-7,9-12,14,16H,4,8,13H2,1-3H3,(H,29,30)/b18-5+. The van der Waals surface area contributed by atoms with Gasteiger partial charge in [-0.25, -0.2) is 4.39 Å². The van der Waals surface area contributed by atoms with Gasteiger partial charge in [-0.2, -0.15) is 5.10 Å². The molecule has 0 aliphatic carbocycles. The van der Waals surface area contributed by atoms with Gasteiger partial charge in [-0.1, -0.05) is 31.5 Å². The number of carbonyl (C=O) groups is 1. The Balaban J connectivity index is 1.69. The number of allylic oxidation sites excluding steroid dienone is 2. The van der Waals surface area contributed by atoms with Crippen molar-refractivity contribution in [2.24, 2.45) is 5.92 Å². The summed E-state index contributed by atoms with van der Waals surface area (Å²) in [5, 5.41) is 7.12. The second-order valence-corrected chi connectivity index (χ2v) is 8.47. The van der Waals surface area contributed by atoms with Crippen molar-refractivity contribution in [3.63, 3.8) is 0 Å². The zero-order chi connectivity index (χ0) is 22.8. The number of H-pyrrole nitrogens is 1. The van der Waals surface area contributed by atoms with Gasteiger partial charge >= 0.3 is 0 Å². The summed E-state index contributed by atoms with van der Waals surface area (Å²) in [5.74, 6) is 0.105. The summed E-state index contributed by atoms with van der Waals surface area (Å²) in [4.78, 5) is 18.1. The molecule has 0 saturated heterocycles. The third-order valence-electron chi connectivity index (χ3n) is 6.09. The molecule has 1 N–H and O–H groups in total. The number of carbonyl (C=O) groups excluding carboxylic acids is 1. The highest BCUT2D eigenvalue weighted by Gasteiger charge is 2.30. The maximum absolute atomic E-state index is 13.7. The number of rotatable bonds is 6. The fraction of sp³-hybridized carbons (Fsp3) is 0.320. The molecule has 3 heterocycles. The number of nitrogens with zero attached hydrogens (tertiary/aromatic N) is 2. The fourth-order valence-corrected chi connectivity index (χ4v) is 4.30. The van der Waals surface area contributed by atoms with Crippen LogP contribution in [0.5, 0.6) is 5.75 Å². The van der Waals surface area contributed by atoms with Crippen LogP contribution >= 0.6 is 11.6 Å². The average Bonchev–Trinajstić information content (AvgIpc) is 3.24. The van der Waals surface area contributed by atoms with Crippen LogP contribution < -0.4 is 4.74 Å². The van der Waals surface area contributed by atoms with Crippen molar-refractivity contribution in [3.8, 4) is 17.0 Å². The summed E-state index contributed by atoms with van der Waals surface area (Å²) in [7, 11) is 0. The second kappa shape index (κ2) is 9.25. The van der Waals surface area contributed by atoms with Gasteiger partial charge in [0.1, 0.15) is 16.7 Å². The Morgan fingerprint density at radius 1 is 1.38 bits per heavy atom. The van der Waals surface area contributed by atoms with Crippen LogP contribution in [0.4, 0.5) is 4.39 Å². The Morgan fingerprint density at radius 3 is 2.88 bits per heavy atom. The average molecular weight is 454 g/mol. The molecule has 7 heteroatoms. The van der Waals surface area contributed by atoms with Crippen LogP contribution in [-0.2, 0) is 11.2 Å². The van der Waals surface area contributed by atoms with Crippen molar-refractivity contribution in [3.05, 3.63) is 70.4 Å². The van der Waals surface area contributed by atoms with Crippen LogP contribution in [0.1, 0.15) is 49.8 Å². The van der Waals surface area contributed by atoms with Gasteiger partial charge in [-0.3, -0.25) is 14.9 Å². The molecule has 32 heavy (non-hydrogen) atoms. The molecule has 1 aromatic carbocycles. The lowest BCUT2D eigenvalue weighted by Gasteiger charge is -2.26. The number of hydrogen-bond donors (Lipinski definition) is 1. The zero-order valence-corrected chi connectivity index (χ0v) is 19.0. The lowest BCUT2D eigenvalue weighted by atomic mass is 9.83. The second-order valence-electron chi connectivity index (χ2n) is 8.09. The number of ketones is 1. The summed E-state index contributed by atoms with van der Waals surface area (Å²) in [6.07, 6.45) is 6.56. The van der Waals surface area contributed by atoms with Crippen LogP contribution in [0, 0.1) is 11.7 Å². The van der Waals surface area contributed by atoms with Gasteiger partial charge in [-0.05, 0) is 61.1 Å². The van der Waals surface area contributed by atoms with Gasteiger partial charge in [-0.15, -0.1) is 0 Å². The minimum absolute atomic E-state index is 0.0251. The van der Waals surface area contributed by atoms with Crippen LogP contribution in [-0.4, -0.2) is 27.6 Å². The maximum atomic E-state index is 13.7. The molecule has 2 unspecified atom stereocenters. The van der Waals surface area contributed by atoms with E-state index in [0.717, 1.165) is 28.7 Å². The van der Waals surface area contributed by atoms with Gasteiger partial charge in [0.2, 0.25) is 0 Å². The zero-order valence-electron chi connectivity index (χ0n) is 18.3. The molecule has 0 radical (unpaired) electrons. The van der Waals surface area contributed by atoms with Crippen molar-refractivity contribution in [1.29, 1.82) is 0 Å². The van der Waals surface area contributed by atoms with E-state index in [1.807, 2.05) is 19.1 Å². The van der Waals surface area contributed by atoms with E-state index < -0.39 is 0 Å². The van der Waals surface area contributed by atoms with E-state index in [0.29, 0.717) is 28.6 Å². The van der Waals surface area contributed by atoms with E-state index in [4.69, 9.17) is 16.3 Å². The predicted molar refractivity (Wildman–Crippen MR) is 123 cm³/mol. The molecule has 166 valence electrons. The largest absolute Gasteiger partial charge is 0.493 e. The van der Waals surface area contributed by atoms with E-state index >= 15 is 0 Å². The molecule has 3 aromatic rings. The van der Waals surface area contributed by atoms with E-state index in [1.165, 1.54) is 12.1 Å². The summed E-state index contributed by atoms with van der Waals surface area (Å²) in [6, 6.07) is 6.42. The lowest BCUT2D eigenvalue weighted by Crippen LogP contribution is -2.29. The van der Waals surface area contributed by atoms with Gasteiger partial charge in [0.25, 0.3) is 0 Å². The molecule has 2 atom stereocenters. The minimum Gasteiger partial charge on any atom is -0.493 e. The number of halogens is 2. The summed E-state index contributed by atoms with van der Waals surface area (Å²) in [6.45, 7) is 6.35. The molecule has 0 bridgehead atoms. The Bertz CT molecular complexity index is 1190. The Kier molecular flexibility index (Phi) is 6.42. The molecule has 2 aromatic heterocycles. The number of benzene rings is 1. The monoisotopic (exact) mass is 453 g/mol. The van der Waals surface area contributed by atoms with Gasteiger partial charge in [0.05, 0.1) is 30.0 Å². The van der Waals surface area contributed by atoms with E-state index in [1.54, 1.807) is 18.5 Å². The normalized spacial score (nSPS) is 16.9. The molecule has 0 spiro atoms. The molecule has 1 aliphatic rings. The Morgan fingerprint density at radius 2 is 2.19 bits per heavy atom. The van der Waals surface area contributed by atoms with Crippen LogP contribution in [0.25, 0.3) is 16.8 Å². The predicted octanol–water partition coefficient (Wildman–Crippen LogP) is 6.00. The van der Waals surface area contributed by atoms with Crippen molar-refractivity contribution in [1.82, 2.24) is 15.2 Å². The van der Waals surface area contributed by atoms with Crippen molar-refractivity contribution in [2.75, 3.05) is 6.61 Å². The maximum Gasteiger partial charge on any atom is 0.170 e. The third kappa shape index (κ3) is 4.19. The summed E-state index contributed by atoms with van der Waals surface area (Å²) < 4.78 is 19.5. The Labute approximate surface area is 191 Å². The lowest BCUT2D eigenvalue weighted by molar-refractivity contribution is -0.118. The number of aromatic amines is 1. The SMILES string of the molecule is C/C=C(/C(=O)C1COc2ccc(F)cc2C1)c1cnc(-c2cn[nH]c2Cl)cc1C(C)CC. The summed E-state index contributed by atoms with van der Waals surface area (Å²) in [5.41, 5.74) is 4.58. The number of ether oxygens (including phenoxy) is 1. The van der Waals surface area contributed by atoms with Gasteiger partial charge in [0.15, 0.2) is 5.78 Å². The number of pyridine rings is 1. The molecule has 5 nitrogen and oxygen atoms in total. The first kappa shape index (κ1) is 22.2. The van der Waals surface area contributed by atoms with Crippen LogP contribution in [0.15, 0.2) is 42.7 Å². The first-order valence-electron chi connectivity index (χ1n) is 10.7. The molecule has 1 aliphatic heterocycles. The number of Topliss-reactive ketones (excluding diaryl/α,β-unsaturated/α-hetero) is 1. The van der Waals surface area contributed by atoms with Crippen LogP contribution in [0.3, 0.4) is 0 Å². The minimum atomic E-state index is -0.386. The van der Waals surface area contributed by atoms with Crippen molar-refractivity contribution in [2.45, 2.75) is 39.5 Å². The molecular formula is C25H25ClFN3O2. The highest BCUT2D eigenvalue weighted by molar-refractivity contribution is 6.32. The summed E-state index contributed by atoms with van der Waals surface area (Å²) >= 11 is 6.21. The number of nitrogens with one attached hydrogen (secondary N) is 1. The van der Waals surface area contributed by atoms with E-state index in [2.05, 4.69) is 29.0 Å². The number of hydrogen-bond acceptors (Lipinski definition) is 4. The highest BCUT2D eigenvalue weighted by Crippen LogP contribution is 2.36. The number of fused-ring (bicyclic) bond motifs is 1. The van der Waals surface area contributed by atoms with Crippen molar-refractivity contribution < 1.29 is 13.9 Å². The van der Waals surface area contributed by atoms with Crippen molar-refractivity contribution >= 4 is 23.0 Å². The molecular weight excluding hydrogens is 429 g/mol. The molecule has 0 fully saturated rings. The molecule has 0 saturated carbocycles. The molecule has 0 amide bonds. The quantitative estimate of drug-likeness (QED) is 0.464. The van der Waals surface area contributed by atoms with Crippen LogP contribution in [0.2, 0.25) is 5.15 Å². The molecule has 4 rings (SSSR count).